The molecule has 2 aromatic carbocycles. The second kappa shape index (κ2) is 10.1. The SMILES string of the molecule is O=C(c1ccc(F)cc1)N1CCC(C(=O)N2CCN(Cc3ccc(C(F)(F)F)cc3)CC2)CC1. The van der Waals surface area contributed by atoms with Crippen molar-refractivity contribution in [2.75, 3.05) is 39.3 Å². The van der Waals surface area contributed by atoms with Gasteiger partial charge in [-0.05, 0) is 54.8 Å². The molecule has 0 unspecified atom stereocenters. The summed E-state index contributed by atoms with van der Waals surface area (Å²) >= 11 is 0. The number of halogens is 4. The smallest absolute Gasteiger partial charge is 0.340 e. The van der Waals surface area contributed by atoms with E-state index in [1.54, 1.807) is 4.90 Å². The van der Waals surface area contributed by atoms with Gasteiger partial charge in [-0.25, -0.2) is 4.39 Å². The summed E-state index contributed by atoms with van der Waals surface area (Å²) in [5, 5.41) is 0. The number of rotatable bonds is 4. The number of carbonyl (C=O) groups is 2. The molecule has 2 fully saturated rings. The van der Waals surface area contributed by atoms with E-state index in [1.165, 1.54) is 36.4 Å². The van der Waals surface area contributed by atoms with E-state index >= 15 is 0 Å². The van der Waals surface area contributed by atoms with Gasteiger partial charge in [0.1, 0.15) is 5.82 Å². The molecule has 2 saturated heterocycles. The average Bonchev–Trinajstić information content (AvgIpc) is 2.84. The molecule has 0 spiro atoms. The standard InChI is InChI=1S/C25H27F4N3O2/c26-22-7-3-19(4-8-22)23(33)31-11-9-20(10-12-31)24(34)32-15-13-30(14-16-32)17-18-1-5-21(6-2-18)25(27,28)29/h1-8,20H,9-17H2. The summed E-state index contributed by atoms with van der Waals surface area (Å²) in [4.78, 5) is 31.3. The first-order valence-electron chi connectivity index (χ1n) is 11.4. The zero-order valence-corrected chi connectivity index (χ0v) is 18.7. The lowest BCUT2D eigenvalue weighted by atomic mass is 9.94. The minimum absolute atomic E-state index is 0.100. The van der Waals surface area contributed by atoms with E-state index < -0.39 is 11.7 Å². The zero-order valence-electron chi connectivity index (χ0n) is 18.7. The van der Waals surface area contributed by atoms with Gasteiger partial charge in [-0.15, -0.1) is 0 Å². The summed E-state index contributed by atoms with van der Waals surface area (Å²) in [5.74, 6) is -0.565. The summed E-state index contributed by atoms with van der Waals surface area (Å²) in [6, 6.07) is 10.7. The summed E-state index contributed by atoms with van der Waals surface area (Å²) in [7, 11) is 0. The third kappa shape index (κ3) is 5.75. The van der Waals surface area contributed by atoms with Crippen molar-refractivity contribution < 1.29 is 27.2 Å². The van der Waals surface area contributed by atoms with Gasteiger partial charge in [0.15, 0.2) is 0 Å². The van der Waals surface area contributed by atoms with Crippen LogP contribution in [0.25, 0.3) is 0 Å². The van der Waals surface area contributed by atoms with E-state index in [0.717, 1.165) is 17.7 Å². The van der Waals surface area contributed by atoms with Crippen LogP contribution in [0.15, 0.2) is 48.5 Å². The van der Waals surface area contributed by atoms with Crippen LogP contribution in [-0.4, -0.2) is 65.8 Å². The van der Waals surface area contributed by atoms with Crippen molar-refractivity contribution in [2.24, 2.45) is 5.92 Å². The fourth-order valence-electron chi connectivity index (χ4n) is 4.55. The highest BCUT2D eigenvalue weighted by Gasteiger charge is 2.32. The Morgan fingerprint density at radius 2 is 1.38 bits per heavy atom. The van der Waals surface area contributed by atoms with E-state index in [2.05, 4.69) is 4.90 Å². The van der Waals surface area contributed by atoms with Crippen LogP contribution < -0.4 is 0 Å². The van der Waals surface area contributed by atoms with E-state index in [4.69, 9.17) is 0 Å². The van der Waals surface area contributed by atoms with Gasteiger partial charge in [0, 0.05) is 57.3 Å². The molecule has 5 nitrogen and oxygen atoms in total. The first-order chi connectivity index (χ1) is 16.2. The molecule has 9 heteroatoms. The second-order valence-electron chi connectivity index (χ2n) is 8.87. The van der Waals surface area contributed by atoms with Gasteiger partial charge in [-0.3, -0.25) is 14.5 Å². The Kier molecular flexibility index (Phi) is 7.21. The molecule has 0 atom stereocenters. The predicted molar refractivity (Wildman–Crippen MR) is 118 cm³/mol. The number of nitrogens with zero attached hydrogens (tertiary/aromatic N) is 3. The highest BCUT2D eigenvalue weighted by molar-refractivity contribution is 5.94. The Bertz CT molecular complexity index is 992. The maximum Gasteiger partial charge on any atom is 0.416 e. The molecule has 0 saturated carbocycles. The van der Waals surface area contributed by atoms with Crippen LogP contribution in [-0.2, 0) is 17.5 Å². The number of alkyl halides is 3. The number of benzene rings is 2. The number of carbonyl (C=O) groups excluding carboxylic acids is 2. The fourth-order valence-corrected chi connectivity index (χ4v) is 4.55. The quantitative estimate of drug-likeness (QED) is 0.625. The Labute approximate surface area is 195 Å². The van der Waals surface area contributed by atoms with Crippen LogP contribution in [0.3, 0.4) is 0 Å². The summed E-state index contributed by atoms with van der Waals surface area (Å²) in [6.07, 6.45) is -3.15. The average molecular weight is 478 g/mol. The van der Waals surface area contributed by atoms with Crippen molar-refractivity contribution in [1.29, 1.82) is 0 Å². The molecular weight excluding hydrogens is 450 g/mol. The molecule has 2 heterocycles. The molecule has 182 valence electrons. The van der Waals surface area contributed by atoms with Crippen molar-refractivity contribution >= 4 is 11.8 Å². The van der Waals surface area contributed by atoms with Crippen molar-refractivity contribution in [3.63, 3.8) is 0 Å². The molecule has 0 radical (unpaired) electrons. The molecule has 0 aromatic heterocycles. The maximum atomic E-state index is 13.1. The third-order valence-corrected chi connectivity index (χ3v) is 6.59. The number of amides is 2. The summed E-state index contributed by atoms with van der Waals surface area (Å²) in [5.41, 5.74) is 0.596. The topological polar surface area (TPSA) is 43.9 Å². The van der Waals surface area contributed by atoms with Gasteiger partial charge in [-0.2, -0.15) is 13.2 Å². The number of hydrogen-bond acceptors (Lipinski definition) is 3. The first kappa shape index (κ1) is 24.2. The summed E-state index contributed by atoms with van der Waals surface area (Å²) < 4.78 is 51.3. The first-order valence-corrected chi connectivity index (χ1v) is 11.4. The molecule has 4 rings (SSSR count). The Morgan fingerprint density at radius 1 is 0.794 bits per heavy atom. The molecular formula is C25H27F4N3O2. The lowest BCUT2D eigenvalue weighted by Gasteiger charge is -2.38. The maximum absolute atomic E-state index is 13.1. The molecule has 2 aliphatic heterocycles. The van der Waals surface area contributed by atoms with Crippen LogP contribution in [0.2, 0.25) is 0 Å². The number of piperazine rings is 1. The molecule has 2 aromatic rings. The van der Waals surface area contributed by atoms with E-state index in [-0.39, 0.29) is 23.5 Å². The van der Waals surface area contributed by atoms with Gasteiger partial charge >= 0.3 is 6.18 Å². The van der Waals surface area contributed by atoms with Gasteiger partial charge < -0.3 is 9.80 Å². The van der Waals surface area contributed by atoms with Crippen molar-refractivity contribution in [1.82, 2.24) is 14.7 Å². The number of piperidine rings is 1. The zero-order chi connectivity index (χ0) is 24.3. The van der Waals surface area contributed by atoms with Crippen molar-refractivity contribution in [2.45, 2.75) is 25.6 Å². The number of hydrogen-bond donors (Lipinski definition) is 0. The molecule has 2 aliphatic rings. The number of likely N-dealkylation sites (tertiary alicyclic amines) is 1. The minimum atomic E-state index is -4.34. The largest absolute Gasteiger partial charge is 0.416 e. The Balaban J connectivity index is 1.22. The highest BCUT2D eigenvalue weighted by Crippen LogP contribution is 2.29. The molecule has 0 N–H and O–H groups in total. The van der Waals surface area contributed by atoms with E-state index in [1.807, 2.05) is 4.90 Å². The van der Waals surface area contributed by atoms with Gasteiger partial charge in [0.05, 0.1) is 5.56 Å². The molecule has 2 amide bonds. The molecule has 34 heavy (non-hydrogen) atoms. The molecule has 0 aliphatic carbocycles. The Morgan fingerprint density at radius 3 is 1.94 bits per heavy atom. The second-order valence-corrected chi connectivity index (χ2v) is 8.87. The van der Waals surface area contributed by atoms with Gasteiger partial charge in [0.2, 0.25) is 5.91 Å². The third-order valence-electron chi connectivity index (χ3n) is 6.59. The normalized spacial score (nSPS) is 18.2. The lowest BCUT2D eigenvalue weighted by molar-refractivity contribution is -0.139. The monoisotopic (exact) mass is 477 g/mol. The van der Waals surface area contributed by atoms with E-state index in [9.17, 15) is 27.2 Å². The van der Waals surface area contributed by atoms with Crippen molar-refractivity contribution in [3.05, 3.63) is 71.0 Å². The lowest BCUT2D eigenvalue weighted by Crippen LogP contribution is -2.51. The minimum Gasteiger partial charge on any atom is -0.340 e. The van der Waals surface area contributed by atoms with Crippen LogP contribution >= 0.6 is 0 Å². The van der Waals surface area contributed by atoms with E-state index in [0.29, 0.717) is 64.2 Å². The van der Waals surface area contributed by atoms with Crippen molar-refractivity contribution in [3.8, 4) is 0 Å². The van der Waals surface area contributed by atoms with Crippen LogP contribution in [0.4, 0.5) is 17.6 Å². The van der Waals surface area contributed by atoms with Gasteiger partial charge in [-0.1, -0.05) is 12.1 Å². The fraction of sp³-hybridized carbons (Fsp3) is 0.440. The van der Waals surface area contributed by atoms with Crippen LogP contribution in [0.5, 0.6) is 0 Å². The van der Waals surface area contributed by atoms with Crippen LogP contribution in [0, 0.1) is 11.7 Å². The highest BCUT2D eigenvalue weighted by atomic mass is 19.4. The van der Waals surface area contributed by atoms with Gasteiger partial charge in [0.25, 0.3) is 5.91 Å². The summed E-state index contributed by atoms with van der Waals surface area (Å²) in [6.45, 7) is 4.00. The predicted octanol–water partition coefficient (Wildman–Crippen LogP) is 4.04. The van der Waals surface area contributed by atoms with Crippen LogP contribution in [0.1, 0.15) is 34.3 Å². The Hall–Kier alpha value is -2.94. The molecule has 0 bridgehead atoms.